The normalized spacial score (nSPS) is 21.0. The molecule has 1 amide bonds. The number of carbonyl (C=O) groups is 2. The SMILES string of the molecule is CCCCCCCCCCCCCC(=O)OC(C)(C)C(=O)NC1(C)CCC(/C(C)=C/C=C/C(C)C)CC1. The molecular weight excluding hydrogens is 458 g/mol. The van der Waals surface area contributed by atoms with Crippen molar-refractivity contribution in [3.63, 3.8) is 0 Å². The molecule has 37 heavy (non-hydrogen) atoms. The molecule has 4 nitrogen and oxygen atoms in total. The van der Waals surface area contributed by atoms with E-state index in [1.165, 1.54) is 63.4 Å². The number of rotatable bonds is 18. The molecule has 1 rings (SSSR count). The van der Waals surface area contributed by atoms with Gasteiger partial charge >= 0.3 is 5.97 Å². The average Bonchev–Trinajstić information content (AvgIpc) is 2.82. The summed E-state index contributed by atoms with van der Waals surface area (Å²) in [6.07, 6.45) is 24.7. The number of carbonyl (C=O) groups excluding carboxylic acids is 2. The molecule has 1 N–H and O–H groups in total. The molecule has 1 saturated carbocycles. The predicted octanol–water partition coefficient (Wildman–Crippen LogP) is 9.23. The fourth-order valence-corrected chi connectivity index (χ4v) is 5.14. The van der Waals surface area contributed by atoms with Crippen molar-refractivity contribution in [2.24, 2.45) is 11.8 Å². The van der Waals surface area contributed by atoms with Gasteiger partial charge in [0.1, 0.15) is 0 Å². The Morgan fingerprint density at radius 1 is 0.946 bits per heavy atom. The van der Waals surface area contributed by atoms with E-state index >= 15 is 0 Å². The van der Waals surface area contributed by atoms with Gasteiger partial charge in [-0.2, -0.15) is 0 Å². The van der Waals surface area contributed by atoms with Gasteiger partial charge in [0, 0.05) is 12.0 Å². The van der Waals surface area contributed by atoms with Gasteiger partial charge in [0.2, 0.25) is 0 Å². The molecule has 214 valence electrons. The molecule has 0 radical (unpaired) electrons. The topological polar surface area (TPSA) is 55.4 Å². The number of amides is 1. The van der Waals surface area contributed by atoms with Crippen molar-refractivity contribution in [1.82, 2.24) is 5.32 Å². The van der Waals surface area contributed by atoms with Crippen LogP contribution in [0.5, 0.6) is 0 Å². The van der Waals surface area contributed by atoms with Crippen molar-refractivity contribution >= 4 is 11.9 Å². The first-order valence-electron chi connectivity index (χ1n) is 15.4. The van der Waals surface area contributed by atoms with E-state index in [0.29, 0.717) is 18.3 Å². The summed E-state index contributed by atoms with van der Waals surface area (Å²) in [6, 6.07) is 0. The van der Waals surface area contributed by atoms with E-state index in [-0.39, 0.29) is 17.4 Å². The third kappa shape index (κ3) is 14.8. The molecule has 0 unspecified atom stereocenters. The fraction of sp³-hybridized carbons (Fsp3) is 0.818. The molecule has 0 aromatic heterocycles. The highest BCUT2D eigenvalue weighted by Gasteiger charge is 2.39. The van der Waals surface area contributed by atoms with Crippen molar-refractivity contribution in [3.05, 3.63) is 23.8 Å². The quantitative estimate of drug-likeness (QED) is 0.112. The lowest BCUT2D eigenvalue weighted by atomic mass is 9.75. The van der Waals surface area contributed by atoms with Crippen molar-refractivity contribution < 1.29 is 14.3 Å². The van der Waals surface area contributed by atoms with Crippen LogP contribution in [-0.4, -0.2) is 23.0 Å². The van der Waals surface area contributed by atoms with Crippen LogP contribution in [0.2, 0.25) is 0 Å². The molecule has 0 heterocycles. The highest BCUT2D eigenvalue weighted by molar-refractivity contribution is 5.87. The van der Waals surface area contributed by atoms with Crippen molar-refractivity contribution in [3.8, 4) is 0 Å². The van der Waals surface area contributed by atoms with Gasteiger partial charge in [-0.1, -0.05) is 109 Å². The van der Waals surface area contributed by atoms with Crippen LogP contribution in [0, 0.1) is 11.8 Å². The van der Waals surface area contributed by atoms with Crippen molar-refractivity contribution in [2.45, 2.75) is 162 Å². The summed E-state index contributed by atoms with van der Waals surface area (Å²) < 4.78 is 5.63. The van der Waals surface area contributed by atoms with Crippen molar-refractivity contribution in [2.75, 3.05) is 0 Å². The summed E-state index contributed by atoms with van der Waals surface area (Å²) in [5, 5.41) is 3.22. The van der Waals surface area contributed by atoms with E-state index in [9.17, 15) is 9.59 Å². The van der Waals surface area contributed by atoms with Crippen LogP contribution in [0.25, 0.3) is 0 Å². The Morgan fingerprint density at radius 2 is 1.46 bits per heavy atom. The number of hydrogen-bond acceptors (Lipinski definition) is 3. The zero-order valence-electron chi connectivity index (χ0n) is 25.4. The van der Waals surface area contributed by atoms with Crippen LogP contribution in [0.4, 0.5) is 0 Å². The molecule has 0 saturated heterocycles. The third-order valence-electron chi connectivity index (χ3n) is 7.90. The number of esters is 1. The van der Waals surface area contributed by atoms with Gasteiger partial charge in [-0.15, -0.1) is 0 Å². The predicted molar refractivity (Wildman–Crippen MR) is 157 cm³/mol. The number of hydrogen-bond donors (Lipinski definition) is 1. The molecule has 0 atom stereocenters. The lowest BCUT2D eigenvalue weighted by molar-refractivity contribution is -0.166. The zero-order chi connectivity index (χ0) is 27.7. The summed E-state index contributed by atoms with van der Waals surface area (Å²) in [5.41, 5.74) is 0.0231. The minimum Gasteiger partial charge on any atom is -0.450 e. The van der Waals surface area contributed by atoms with Crippen LogP contribution in [0.1, 0.15) is 151 Å². The summed E-state index contributed by atoms with van der Waals surface area (Å²) in [5.74, 6) is 0.678. The fourth-order valence-electron chi connectivity index (χ4n) is 5.14. The second-order valence-corrected chi connectivity index (χ2v) is 12.6. The van der Waals surface area contributed by atoms with Gasteiger partial charge in [0.25, 0.3) is 5.91 Å². The van der Waals surface area contributed by atoms with E-state index in [0.717, 1.165) is 38.5 Å². The first kappa shape index (κ1) is 33.4. The summed E-state index contributed by atoms with van der Waals surface area (Å²) in [7, 11) is 0. The molecule has 1 aliphatic rings. The molecule has 4 heteroatoms. The highest BCUT2D eigenvalue weighted by atomic mass is 16.6. The smallest absolute Gasteiger partial charge is 0.306 e. The molecule has 0 aliphatic heterocycles. The first-order valence-corrected chi connectivity index (χ1v) is 15.4. The summed E-state index contributed by atoms with van der Waals surface area (Å²) in [6.45, 7) is 14.4. The largest absolute Gasteiger partial charge is 0.450 e. The monoisotopic (exact) mass is 517 g/mol. The van der Waals surface area contributed by atoms with Gasteiger partial charge in [-0.05, 0) is 71.6 Å². The van der Waals surface area contributed by atoms with E-state index in [4.69, 9.17) is 4.74 Å². The van der Waals surface area contributed by atoms with E-state index in [1.54, 1.807) is 13.8 Å². The van der Waals surface area contributed by atoms with Crippen molar-refractivity contribution in [1.29, 1.82) is 0 Å². The molecule has 0 bridgehead atoms. The number of unbranched alkanes of at least 4 members (excludes halogenated alkanes) is 10. The maximum absolute atomic E-state index is 13.0. The maximum Gasteiger partial charge on any atom is 0.306 e. The van der Waals surface area contributed by atoms with Gasteiger partial charge in [0.15, 0.2) is 5.60 Å². The Kier molecular flexibility index (Phi) is 16.1. The van der Waals surface area contributed by atoms with E-state index < -0.39 is 5.60 Å². The van der Waals surface area contributed by atoms with Crippen LogP contribution in [0.15, 0.2) is 23.8 Å². The Hall–Kier alpha value is -1.58. The molecule has 1 aliphatic carbocycles. The Morgan fingerprint density at radius 3 is 1.97 bits per heavy atom. The van der Waals surface area contributed by atoms with Crippen LogP contribution in [-0.2, 0) is 14.3 Å². The third-order valence-corrected chi connectivity index (χ3v) is 7.90. The number of ether oxygens (including phenoxy) is 1. The second-order valence-electron chi connectivity index (χ2n) is 12.6. The van der Waals surface area contributed by atoms with Gasteiger partial charge in [0.05, 0.1) is 0 Å². The standard InChI is InChI=1S/C33H59NO3/c1-8-9-10-11-12-13-14-15-16-17-18-22-30(35)37-32(5,6)31(36)34-33(7)25-23-29(24-26-33)28(4)21-19-20-27(2)3/h19-21,27,29H,8-18,22-26H2,1-7H3,(H,34,36)/b20-19+,28-21+. The number of nitrogens with one attached hydrogen (secondary N) is 1. The van der Waals surface area contributed by atoms with Crippen LogP contribution >= 0.6 is 0 Å². The van der Waals surface area contributed by atoms with E-state index in [2.05, 4.69) is 58.2 Å². The summed E-state index contributed by atoms with van der Waals surface area (Å²) in [4.78, 5) is 25.5. The molecule has 0 spiro atoms. The van der Waals surface area contributed by atoms with Crippen LogP contribution < -0.4 is 5.32 Å². The Labute approximate surface area is 229 Å². The number of allylic oxidation sites excluding steroid dienone is 4. The van der Waals surface area contributed by atoms with Gasteiger partial charge < -0.3 is 10.1 Å². The first-order chi connectivity index (χ1) is 17.5. The minimum atomic E-state index is -1.15. The Bertz CT molecular complexity index is 711. The lowest BCUT2D eigenvalue weighted by Gasteiger charge is -2.40. The minimum absolute atomic E-state index is 0.187. The second kappa shape index (κ2) is 17.8. The van der Waals surface area contributed by atoms with Gasteiger partial charge in [-0.3, -0.25) is 9.59 Å². The molecular formula is C33H59NO3. The molecule has 0 aromatic rings. The molecule has 1 fully saturated rings. The average molecular weight is 518 g/mol. The zero-order valence-corrected chi connectivity index (χ0v) is 25.4. The molecule has 0 aromatic carbocycles. The maximum atomic E-state index is 13.0. The lowest BCUT2D eigenvalue weighted by Crippen LogP contribution is -2.55. The van der Waals surface area contributed by atoms with Gasteiger partial charge in [-0.25, -0.2) is 0 Å². The summed E-state index contributed by atoms with van der Waals surface area (Å²) >= 11 is 0. The highest BCUT2D eigenvalue weighted by Crippen LogP contribution is 2.36. The van der Waals surface area contributed by atoms with E-state index in [1.807, 2.05) is 0 Å². The van der Waals surface area contributed by atoms with Crippen LogP contribution in [0.3, 0.4) is 0 Å². The Balaban J connectivity index is 2.29.